The van der Waals surface area contributed by atoms with E-state index in [1.807, 2.05) is 0 Å². The Morgan fingerprint density at radius 3 is 2.59 bits per heavy atom. The predicted molar refractivity (Wildman–Crippen MR) is 112 cm³/mol. The molecule has 0 saturated heterocycles. The van der Waals surface area contributed by atoms with E-state index in [0.29, 0.717) is 22.3 Å². The lowest BCUT2D eigenvalue weighted by Crippen LogP contribution is -2.12. The number of nitrogens with one attached hydrogen (secondary N) is 2. The third-order valence-electron chi connectivity index (χ3n) is 3.60. The summed E-state index contributed by atoms with van der Waals surface area (Å²) in [4.78, 5) is 8.40. The summed E-state index contributed by atoms with van der Waals surface area (Å²) in [6.07, 6.45) is 6.59. The van der Waals surface area contributed by atoms with E-state index in [0.717, 1.165) is 5.69 Å². The van der Waals surface area contributed by atoms with Crippen molar-refractivity contribution >= 4 is 44.8 Å². The second kappa shape index (κ2) is 8.79. The molecule has 3 rings (SSSR count). The number of nitrogens with zero attached hydrogens (tertiary/aromatic N) is 2. The Bertz CT molecular complexity index is 1160. The molecule has 8 nitrogen and oxygen atoms in total. The minimum Gasteiger partial charge on any atom is -0.481 e. The minimum atomic E-state index is -3.82. The maximum atomic E-state index is 11.5. The molecule has 3 aromatic rings. The van der Waals surface area contributed by atoms with Crippen molar-refractivity contribution in [1.82, 2.24) is 9.97 Å². The fourth-order valence-corrected chi connectivity index (χ4v) is 2.99. The third kappa shape index (κ3) is 5.58. The highest BCUT2D eigenvalue weighted by Gasteiger charge is 2.10. The van der Waals surface area contributed by atoms with Gasteiger partial charge in [-0.2, -0.15) is 4.98 Å². The van der Waals surface area contributed by atoms with E-state index in [2.05, 4.69) is 26.5 Å². The topological polar surface area (TPSA) is 119 Å². The van der Waals surface area contributed by atoms with Crippen molar-refractivity contribution in [3.8, 4) is 18.1 Å². The van der Waals surface area contributed by atoms with Gasteiger partial charge in [0.2, 0.25) is 16.0 Å². The van der Waals surface area contributed by atoms with Crippen LogP contribution < -0.4 is 20.5 Å². The Balaban J connectivity index is 1.77. The number of terminal acetylenes is 1. The summed E-state index contributed by atoms with van der Waals surface area (Å²) < 4.78 is 28.3. The lowest BCUT2D eigenvalue weighted by atomic mass is 10.3. The average Bonchev–Trinajstić information content (AvgIpc) is 2.69. The zero-order chi connectivity index (χ0) is 20.9. The lowest BCUT2D eigenvalue weighted by molar-refractivity contribution is 0.370. The van der Waals surface area contributed by atoms with Crippen molar-refractivity contribution in [2.75, 3.05) is 17.2 Å². The van der Waals surface area contributed by atoms with Crippen LogP contribution in [-0.4, -0.2) is 25.0 Å². The number of anilines is 4. The maximum Gasteiger partial charge on any atom is 0.238 e. The van der Waals surface area contributed by atoms with Gasteiger partial charge in [-0.1, -0.05) is 23.6 Å². The van der Waals surface area contributed by atoms with Gasteiger partial charge in [-0.05, 0) is 42.5 Å². The maximum absolute atomic E-state index is 11.5. The number of benzene rings is 2. The summed E-state index contributed by atoms with van der Waals surface area (Å²) in [6, 6.07) is 13.1. The standard InChI is InChI=1S/C19H16ClN5O3S/c1-2-10-28-15-8-6-13(7-9-15)23-18-17(20)12-22-19(25-18)24-14-4-3-5-16(11-14)29(21,26)27/h1,3-9,11-12H,10H2,(H2,21,26,27)(H2,22,23,24,25). The minimum absolute atomic E-state index is 0.0260. The molecule has 0 bridgehead atoms. The first-order chi connectivity index (χ1) is 13.8. The molecule has 4 N–H and O–H groups in total. The van der Waals surface area contributed by atoms with Crippen LogP contribution in [0.2, 0.25) is 5.02 Å². The van der Waals surface area contributed by atoms with Gasteiger partial charge in [-0.25, -0.2) is 18.5 Å². The quantitative estimate of drug-likeness (QED) is 0.493. The number of aromatic nitrogens is 2. The second-order valence-electron chi connectivity index (χ2n) is 5.73. The smallest absolute Gasteiger partial charge is 0.238 e. The molecule has 0 fully saturated rings. The molecule has 0 aliphatic carbocycles. The Labute approximate surface area is 173 Å². The molecule has 0 saturated carbocycles. The van der Waals surface area contributed by atoms with Gasteiger partial charge in [0.05, 0.1) is 11.1 Å². The number of hydrogen-bond donors (Lipinski definition) is 3. The first-order valence-corrected chi connectivity index (χ1v) is 10.1. The molecule has 1 heterocycles. The molecule has 0 radical (unpaired) electrons. The summed E-state index contributed by atoms with van der Waals surface area (Å²) in [5.41, 5.74) is 1.18. The Morgan fingerprint density at radius 2 is 1.90 bits per heavy atom. The van der Waals surface area contributed by atoms with E-state index in [1.165, 1.54) is 18.3 Å². The number of sulfonamides is 1. The molecule has 2 aromatic carbocycles. The van der Waals surface area contributed by atoms with Crippen molar-refractivity contribution in [3.63, 3.8) is 0 Å². The van der Waals surface area contributed by atoms with E-state index in [-0.39, 0.29) is 17.5 Å². The van der Waals surface area contributed by atoms with Gasteiger partial charge in [-0.3, -0.25) is 0 Å². The zero-order valence-corrected chi connectivity index (χ0v) is 16.5. The Kier molecular flexibility index (Phi) is 6.19. The summed E-state index contributed by atoms with van der Waals surface area (Å²) in [6.45, 7) is 0.187. The van der Waals surface area contributed by atoms with Crippen LogP contribution in [-0.2, 0) is 10.0 Å². The summed E-state index contributed by atoms with van der Waals surface area (Å²) in [5.74, 6) is 3.62. The highest BCUT2D eigenvalue weighted by atomic mass is 35.5. The summed E-state index contributed by atoms with van der Waals surface area (Å²) >= 11 is 6.18. The van der Waals surface area contributed by atoms with Crippen LogP contribution in [0.15, 0.2) is 59.6 Å². The molecule has 10 heteroatoms. The number of nitrogens with two attached hydrogens (primary N) is 1. The van der Waals surface area contributed by atoms with E-state index >= 15 is 0 Å². The fourth-order valence-electron chi connectivity index (χ4n) is 2.29. The van der Waals surface area contributed by atoms with Crippen LogP contribution in [0.5, 0.6) is 5.75 Å². The van der Waals surface area contributed by atoms with Crippen molar-refractivity contribution in [3.05, 3.63) is 59.8 Å². The number of ether oxygens (including phenoxy) is 1. The zero-order valence-electron chi connectivity index (χ0n) is 15.0. The predicted octanol–water partition coefficient (Wildman–Crippen LogP) is 3.28. The molecule has 29 heavy (non-hydrogen) atoms. The first-order valence-electron chi connectivity index (χ1n) is 8.21. The molecule has 0 aliphatic heterocycles. The molecule has 0 unspecified atom stereocenters. The lowest BCUT2D eigenvalue weighted by Gasteiger charge is -2.11. The third-order valence-corrected chi connectivity index (χ3v) is 4.79. The van der Waals surface area contributed by atoms with Crippen molar-refractivity contribution in [1.29, 1.82) is 0 Å². The monoisotopic (exact) mass is 429 g/mol. The van der Waals surface area contributed by atoms with Crippen molar-refractivity contribution < 1.29 is 13.2 Å². The van der Waals surface area contributed by atoms with Crippen LogP contribution in [0, 0.1) is 12.3 Å². The second-order valence-corrected chi connectivity index (χ2v) is 7.70. The van der Waals surface area contributed by atoms with Crippen LogP contribution in [0.25, 0.3) is 0 Å². The molecular weight excluding hydrogens is 414 g/mol. The summed E-state index contributed by atoms with van der Waals surface area (Å²) in [7, 11) is -3.82. The SMILES string of the molecule is C#CCOc1ccc(Nc2nc(Nc3cccc(S(N)(=O)=O)c3)ncc2Cl)cc1. The molecule has 0 spiro atoms. The van der Waals surface area contributed by atoms with Gasteiger partial charge in [0, 0.05) is 11.4 Å². The first kappa shape index (κ1) is 20.4. The fraction of sp³-hybridized carbons (Fsp3) is 0.0526. The molecule has 1 aromatic heterocycles. The molecular formula is C19H16ClN5O3S. The van der Waals surface area contributed by atoms with Gasteiger partial charge < -0.3 is 15.4 Å². The highest BCUT2D eigenvalue weighted by molar-refractivity contribution is 7.89. The van der Waals surface area contributed by atoms with Gasteiger partial charge in [0.15, 0.2) is 5.82 Å². The van der Waals surface area contributed by atoms with Crippen molar-refractivity contribution in [2.45, 2.75) is 4.90 Å². The van der Waals surface area contributed by atoms with Gasteiger partial charge in [0.1, 0.15) is 17.4 Å². The van der Waals surface area contributed by atoms with Crippen LogP contribution in [0.4, 0.5) is 23.1 Å². The van der Waals surface area contributed by atoms with Crippen LogP contribution >= 0.6 is 11.6 Å². The van der Waals surface area contributed by atoms with E-state index in [9.17, 15) is 8.42 Å². The summed E-state index contributed by atoms with van der Waals surface area (Å²) in [5, 5.41) is 11.5. The van der Waals surface area contributed by atoms with Gasteiger partial charge in [-0.15, -0.1) is 6.42 Å². The molecule has 0 aliphatic rings. The number of primary sulfonamides is 1. The van der Waals surface area contributed by atoms with E-state index < -0.39 is 10.0 Å². The largest absolute Gasteiger partial charge is 0.481 e. The van der Waals surface area contributed by atoms with E-state index in [1.54, 1.807) is 36.4 Å². The van der Waals surface area contributed by atoms with E-state index in [4.69, 9.17) is 27.9 Å². The molecule has 0 atom stereocenters. The van der Waals surface area contributed by atoms with Crippen molar-refractivity contribution in [2.24, 2.45) is 5.14 Å². The van der Waals surface area contributed by atoms with Gasteiger partial charge in [0.25, 0.3) is 0 Å². The Morgan fingerprint density at radius 1 is 1.14 bits per heavy atom. The molecule has 148 valence electrons. The number of rotatable bonds is 7. The average molecular weight is 430 g/mol. The normalized spacial score (nSPS) is 10.8. The number of hydrogen-bond acceptors (Lipinski definition) is 7. The molecule has 0 amide bonds. The van der Waals surface area contributed by atoms with Crippen LogP contribution in [0.1, 0.15) is 0 Å². The van der Waals surface area contributed by atoms with Crippen LogP contribution in [0.3, 0.4) is 0 Å². The highest BCUT2D eigenvalue weighted by Crippen LogP contribution is 2.26. The number of halogens is 1. The van der Waals surface area contributed by atoms with Gasteiger partial charge >= 0.3 is 0 Å². The Hall–Kier alpha value is -3.32.